The summed E-state index contributed by atoms with van der Waals surface area (Å²) in [6.45, 7) is 11.1. The molecule has 4 rings (SSSR count). The number of carbonyl (C=O) groups is 1. The van der Waals surface area contributed by atoms with Gasteiger partial charge in [-0.2, -0.15) is 0 Å². The minimum absolute atomic E-state index is 0.0874. The van der Waals surface area contributed by atoms with Gasteiger partial charge in [-0.3, -0.25) is 4.79 Å². The Morgan fingerprint density at radius 1 is 1.08 bits per heavy atom. The summed E-state index contributed by atoms with van der Waals surface area (Å²) in [5, 5.41) is 4.21. The number of amides is 1. The van der Waals surface area contributed by atoms with Crippen LogP contribution in [-0.2, 0) is 12.8 Å². The molecule has 1 aromatic rings. The molecule has 5 nitrogen and oxygen atoms in total. The van der Waals surface area contributed by atoms with Crippen LogP contribution in [0, 0.1) is 11.3 Å². The van der Waals surface area contributed by atoms with Gasteiger partial charge in [0.2, 0.25) is 0 Å². The molecule has 2 fully saturated rings. The highest BCUT2D eigenvalue weighted by Gasteiger charge is 2.36. The maximum Gasteiger partial charge on any atom is 0.276 e. The number of hydrogen-bond acceptors (Lipinski definition) is 4. The summed E-state index contributed by atoms with van der Waals surface area (Å²) in [5.74, 6) is 1.62. The number of rotatable bonds is 2. The van der Waals surface area contributed by atoms with E-state index in [-0.39, 0.29) is 11.3 Å². The summed E-state index contributed by atoms with van der Waals surface area (Å²) in [7, 11) is 0. The zero-order valence-corrected chi connectivity index (χ0v) is 16.6. The van der Waals surface area contributed by atoms with Crippen molar-refractivity contribution in [1.29, 1.82) is 0 Å². The van der Waals surface area contributed by atoms with Crippen molar-refractivity contribution >= 4 is 5.91 Å². The Hall–Kier alpha value is -1.36. The van der Waals surface area contributed by atoms with Crippen LogP contribution in [0.5, 0.6) is 0 Å². The average Bonchev–Trinajstić information content (AvgIpc) is 3.30. The van der Waals surface area contributed by atoms with Crippen LogP contribution in [0.4, 0.5) is 0 Å². The Morgan fingerprint density at radius 3 is 2.42 bits per heavy atom. The molecule has 0 unspecified atom stereocenters. The standard InChI is InChI=1S/C21H33N3O2/c1-21(2,3)15-6-7-18-17(14-15)19(22-26-18)20(25)24-12-8-16(9-13-24)23-10-4-5-11-23/h15-16H,4-14H2,1-3H3/t15-/m0/s1. The highest BCUT2D eigenvalue weighted by Crippen LogP contribution is 2.38. The van der Waals surface area contributed by atoms with E-state index in [0.717, 1.165) is 56.5 Å². The average molecular weight is 360 g/mol. The Balaban J connectivity index is 1.43. The molecule has 5 heteroatoms. The maximum atomic E-state index is 13.1. The second-order valence-corrected chi connectivity index (χ2v) is 9.51. The van der Waals surface area contributed by atoms with Gasteiger partial charge in [0.15, 0.2) is 5.69 Å². The predicted molar refractivity (Wildman–Crippen MR) is 101 cm³/mol. The van der Waals surface area contributed by atoms with Gasteiger partial charge >= 0.3 is 0 Å². The third-order valence-electron chi connectivity index (χ3n) is 6.88. The maximum absolute atomic E-state index is 13.1. The van der Waals surface area contributed by atoms with E-state index >= 15 is 0 Å². The predicted octanol–water partition coefficient (Wildman–Crippen LogP) is 3.53. The molecular weight excluding hydrogens is 326 g/mol. The summed E-state index contributed by atoms with van der Waals surface area (Å²) in [6.07, 6.45) is 7.81. The minimum atomic E-state index is 0.0874. The fraction of sp³-hybridized carbons (Fsp3) is 0.810. The van der Waals surface area contributed by atoms with Crippen LogP contribution in [0.2, 0.25) is 0 Å². The molecule has 0 N–H and O–H groups in total. The van der Waals surface area contributed by atoms with E-state index in [0.29, 0.717) is 17.7 Å². The van der Waals surface area contributed by atoms with Crippen LogP contribution in [0.25, 0.3) is 0 Å². The van der Waals surface area contributed by atoms with Crippen LogP contribution in [0.15, 0.2) is 4.52 Å². The number of nitrogens with zero attached hydrogens (tertiary/aromatic N) is 3. The van der Waals surface area contributed by atoms with Crippen LogP contribution >= 0.6 is 0 Å². The summed E-state index contributed by atoms with van der Waals surface area (Å²) < 4.78 is 5.56. The number of carbonyl (C=O) groups excluding carboxylic acids is 1. The summed E-state index contributed by atoms with van der Waals surface area (Å²) in [6, 6.07) is 0.665. The molecule has 3 heterocycles. The molecule has 1 amide bonds. The molecule has 1 aliphatic carbocycles. The monoisotopic (exact) mass is 359 g/mol. The van der Waals surface area contributed by atoms with Crippen molar-refractivity contribution in [2.24, 2.45) is 11.3 Å². The lowest BCUT2D eigenvalue weighted by atomic mass is 9.71. The van der Waals surface area contributed by atoms with E-state index in [4.69, 9.17) is 4.52 Å². The van der Waals surface area contributed by atoms with Gasteiger partial charge in [0.05, 0.1) is 0 Å². The Morgan fingerprint density at radius 2 is 1.77 bits per heavy atom. The SMILES string of the molecule is CC(C)(C)[C@H]1CCc2onc(C(=O)N3CCC(N4CCCC4)CC3)c2C1. The van der Waals surface area contributed by atoms with E-state index in [1.807, 2.05) is 4.90 Å². The van der Waals surface area contributed by atoms with E-state index in [2.05, 4.69) is 30.8 Å². The van der Waals surface area contributed by atoms with Crippen molar-refractivity contribution in [2.75, 3.05) is 26.2 Å². The molecule has 1 aromatic heterocycles. The second-order valence-electron chi connectivity index (χ2n) is 9.51. The zero-order valence-electron chi connectivity index (χ0n) is 16.6. The first-order valence-corrected chi connectivity index (χ1v) is 10.4. The van der Waals surface area contributed by atoms with Gasteiger partial charge in [-0.1, -0.05) is 25.9 Å². The summed E-state index contributed by atoms with van der Waals surface area (Å²) in [5.41, 5.74) is 1.93. The molecule has 2 aliphatic heterocycles. The fourth-order valence-electron chi connectivity index (χ4n) is 5.00. The van der Waals surface area contributed by atoms with Crippen LogP contribution in [-0.4, -0.2) is 53.1 Å². The van der Waals surface area contributed by atoms with Gasteiger partial charge < -0.3 is 14.3 Å². The van der Waals surface area contributed by atoms with E-state index in [1.165, 1.54) is 25.9 Å². The highest BCUT2D eigenvalue weighted by atomic mass is 16.5. The van der Waals surface area contributed by atoms with Crippen LogP contribution in [0.1, 0.15) is 74.7 Å². The van der Waals surface area contributed by atoms with Gasteiger partial charge in [-0.25, -0.2) is 0 Å². The largest absolute Gasteiger partial charge is 0.360 e. The lowest BCUT2D eigenvalue weighted by molar-refractivity contribution is 0.0633. The number of fused-ring (bicyclic) bond motifs is 1. The van der Waals surface area contributed by atoms with Gasteiger partial charge in [0.1, 0.15) is 5.76 Å². The van der Waals surface area contributed by atoms with Crippen LogP contribution < -0.4 is 0 Å². The second kappa shape index (κ2) is 6.99. The third kappa shape index (κ3) is 3.42. The lowest BCUT2D eigenvalue weighted by Crippen LogP contribution is -2.46. The Labute approximate surface area is 157 Å². The summed E-state index contributed by atoms with van der Waals surface area (Å²) in [4.78, 5) is 17.7. The molecule has 0 aromatic carbocycles. The smallest absolute Gasteiger partial charge is 0.276 e. The van der Waals surface area contributed by atoms with Crippen molar-refractivity contribution in [3.05, 3.63) is 17.0 Å². The van der Waals surface area contributed by atoms with E-state index in [1.54, 1.807) is 0 Å². The molecule has 0 spiro atoms. The van der Waals surface area contributed by atoms with Crippen molar-refractivity contribution in [2.45, 2.75) is 71.8 Å². The highest BCUT2D eigenvalue weighted by molar-refractivity contribution is 5.94. The molecule has 0 bridgehead atoms. The van der Waals surface area contributed by atoms with Crippen molar-refractivity contribution in [3.8, 4) is 0 Å². The summed E-state index contributed by atoms with van der Waals surface area (Å²) >= 11 is 0. The molecule has 2 saturated heterocycles. The Bertz CT molecular complexity index is 647. The molecule has 0 saturated carbocycles. The molecule has 144 valence electrons. The molecule has 1 atom stereocenters. The minimum Gasteiger partial charge on any atom is -0.360 e. The molecule has 3 aliphatic rings. The topological polar surface area (TPSA) is 49.6 Å². The number of piperidine rings is 1. The molecular formula is C21H33N3O2. The van der Waals surface area contributed by atoms with E-state index < -0.39 is 0 Å². The van der Waals surface area contributed by atoms with Crippen molar-refractivity contribution < 1.29 is 9.32 Å². The zero-order chi connectivity index (χ0) is 18.3. The van der Waals surface area contributed by atoms with Crippen molar-refractivity contribution in [1.82, 2.24) is 15.0 Å². The van der Waals surface area contributed by atoms with Crippen LogP contribution in [0.3, 0.4) is 0 Å². The van der Waals surface area contributed by atoms with Gasteiger partial charge in [-0.05, 0) is 62.9 Å². The first kappa shape index (κ1) is 18.0. The van der Waals surface area contributed by atoms with Gasteiger partial charge in [0, 0.05) is 31.1 Å². The first-order valence-electron chi connectivity index (χ1n) is 10.4. The quantitative estimate of drug-likeness (QED) is 0.811. The van der Waals surface area contributed by atoms with Gasteiger partial charge in [-0.15, -0.1) is 0 Å². The first-order chi connectivity index (χ1) is 12.4. The lowest BCUT2D eigenvalue weighted by Gasteiger charge is -2.36. The normalized spacial score (nSPS) is 25.5. The van der Waals surface area contributed by atoms with Crippen molar-refractivity contribution in [3.63, 3.8) is 0 Å². The van der Waals surface area contributed by atoms with Gasteiger partial charge in [0.25, 0.3) is 5.91 Å². The number of likely N-dealkylation sites (tertiary alicyclic amines) is 2. The number of hydrogen-bond donors (Lipinski definition) is 0. The number of aryl methyl sites for hydroxylation is 1. The Kier molecular flexibility index (Phi) is 4.84. The molecule has 26 heavy (non-hydrogen) atoms. The molecule has 0 radical (unpaired) electrons. The number of aromatic nitrogens is 1. The fourth-order valence-corrected chi connectivity index (χ4v) is 5.00. The van der Waals surface area contributed by atoms with E-state index in [9.17, 15) is 4.79 Å². The third-order valence-corrected chi connectivity index (χ3v) is 6.88.